The van der Waals surface area contributed by atoms with Crippen molar-refractivity contribution in [2.24, 2.45) is 0 Å². The molecule has 0 aromatic heterocycles. The van der Waals surface area contributed by atoms with Crippen molar-refractivity contribution < 1.29 is 28.1 Å². The lowest BCUT2D eigenvalue weighted by Crippen LogP contribution is -2.56. The molecule has 6 nitrogen and oxygen atoms in total. The molecule has 0 atom stereocenters. The molecule has 0 aliphatic rings. The van der Waals surface area contributed by atoms with E-state index < -0.39 is 24.5 Å². The Bertz CT molecular complexity index is 130. The summed E-state index contributed by atoms with van der Waals surface area (Å²) in [6, 6.07) is 0. The van der Waals surface area contributed by atoms with Gasteiger partial charge in [0.15, 0.2) is 0 Å². The standard InChI is InChI=1S/H4O6Si3/c1-7(2)9(5,6)8(3)4/h1,3,5-6H. The van der Waals surface area contributed by atoms with Gasteiger partial charge in [-0.3, -0.25) is 0 Å². The van der Waals surface area contributed by atoms with Crippen LogP contribution in [0.1, 0.15) is 0 Å². The normalized spacial score (nSPS) is 10.9. The molecule has 0 fully saturated rings. The van der Waals surface area contributed by atoms with Crippen molar-refractivity contribution in [1.82, 2.24) is 0 Å². The van der Waals surface area contributed by atoms with E-state index in [4.69, 9.17) is 19.2 Å². The van der Waals surface area contributed by atoms with Gasteiger partial charge in [-0.2, -0.15) is 0 Å². The van der Waals surface area contributed by atoms with Gasteiger partial charge in [0.25, 0.3) is 0 Å². The summed E-state index contributed by atoms with van der Waals surface area (Å²) < 4.78 is 19.7. The molecule has 0 rings (SSSR count). The maximum atomic E-state index is 9.87. The fraction of sp³-hybridized carbons (Fsp3) is 0. The van der Waals surface area contributed by atoms with Gasteiger partial charge in [0.05, 0.1) is 0 Å². The van der Waals surface area contributed by atoms with Crippen LogP contribution in [0.3, 0.4) is 0 Å². The van der Waals surface area contributed by atoms with Crippen molar-refractivity contribution >= 4 is 24.5 Å². The van der Waals surface area contributed by atoms with Crippen LogP contribution in [0, 0.1) is 0 Å². The van der Waals surface area contributed by atoms with Crippen molar-refractivity contribution in [3.05, 3.63) is 0 Å². The van der Waals surface area contributed by atoms with Crippen molar-refractivity contribution in [3.8, 4) is 0 Å². The average molecular weight is 184 g/mol. The van der Waals surface area contributed by atoms with Gasteiger partial charge in [0, 0.05) is 0 Å². The Hall–Kier alpha value is -0.229. The first-order valence-corrected chi connectivity index (χ1v) is 8.41. The first-order valence-electron chi connectivity index (χ1n) is 1.80. The lowest BCUT2D eigenvalue weighted by Gasteiger charge is -2.00. The molecule has 4 N–H and O–H groups in total. The Morgan fingerprint density at radius 2 is 1.22 bits per heavy atom. The lowest BCUT2D eigenvalue weighted by molar-refractivity contribution is 0.355. The quantitative estimate of drug-likeness (QED) is 0.329. The summed E-state index contributed by atoms with van der Waals surface area (Å²) in [4.78, 5) is 32.7. The SMILES string of the molecule is O=[Si](O)[Si](O)(O)[Si](=O)O. The maximum absolute atomic E-state index is 9.87. The van der Waals surface area contributed by atoms with Gasteiger partial charge in [-0.15, -0.1) is 0 Å². The molecule has 0 spiro atoms. The largest absolute Gasteiger partial charge is 0.545 e. The molecule has 0 radical (unpaired) electrons. The zero-order chi connectivity index (χ0) is 7.65. The highest BCUT2D eigenvalue weighted by Crippen LogP contribution is 1.87. The van der Waals surface area contributed by atoms with E-state index >= 15 is 0 Å². The fourth-order valence-electron chi connectivity index (χ4n) is 0.0915. The molecule has 0 aromatic carbocycles. The van der Waals surface area contributed by atoms with Crippen LogP contribution in [0.2, 0.25) is 0 Å². The molecule has 9 heavy (non-hydrogen) atoms. The van der Waals surface area contributed by atoms with E-state index in [1.165, 1.54) is 0 Å². The van der Waals surface area contributed by atoms with Gasteiger partial charge in [-0.05, 0) is 0 Å². The third kappa shape index (κ3) is 1.87. The minimum Gasteiger partial charge on any atom is -0.539 e. The Morgan fingerprint density at radius 3 is 1.22 bits per heavy atom. The second-order valence-electron chi connectivity index (χ2n) is 1.28. The van der Waals surface area contributed by atoms with Crippen molar-refractivity contribution in [3.63, 3.8) is 0 Å². The molecule has 0 amide bonds. The highest BCUT2D eigenvalue weighted by Gasteiger charge is 2.54. The van der Waals surface area contributed by atoms with E-state index in [9.17, 15) is 8.92 Å². The van der Waals surface area contributed by atoms with Crippen LogP contribution in [-0.4, -0.2) is 43.7 Å². The molecular weight excluding hydrogens is 180 g/mol. The summed E-state index contributed by atoms with van der Waals surface area (Å²) in [5.74, 6) is 0. The van der Waals surface area contributed by atoms with E-state index in [1.54, 1.807) is 0 Å². The smallest absolute Gasteiger partial charge is 0.539 e. The monoisotopic (exact) mass is 184 g/mol. The van der Waals surface area contributed by atoms with E-state index in [0.29, 0.717) is 0 Å². The maximum Gasteiger partial charge on any atom is 0.545 e. The molecule has 0 heterocycles. The summed E-state index contributed by atoms with van der Waals surface area (Å²) in [5, 5.41) is 0. The van der Waals surface area contributed by atoms with Gasteiger partial charge in [-0.1, -0.05) is 0 Å². The van der Waals surface area contributed by atoms with E-state index in [0.717, 1.165) is 0 Å². The van der Waals surface area contributed by atoms with Gasteiger partial charge >= 0.3 is 24.5 Å². The summed E-state index contributed by atoms with van der Waals surface area (Å²) in [7, 11) is -11.9. The van der Waals surface area contributed by atoms with Gasteiger partial charge in [0.1, 0.15) is 0 Å². The number of hydrogen-bond acceptors (Lipinski definition) is 4. The van der Waals surface area contributed by atoms with E-state index in [-0.39, 0.29) is 0 Å². The highest BCUT2D eigenvalue weighted by atomic mass is 29.6. The van der Waals surface area contributed by atoms with Crippen LogP contribution in [0.5, 0.6) is 0 Å². The van der Waals surface area contributed by atoms with Crippen molar-refractivity contribution in [2.45, 2.75) is 0 Å². The first kappa shape index (κ1) is 8.77. The summed E-state index contributed by atoms with van der Waals surface area (Å²) >= 11 is 0. The molecule has 0 unspecified atom stereocenters. The number of rotatable bonds is 2. The Balaban J connectivity index is 4.38. The topological polar surface area (TPSA) is 115 Å². The Kier molecular flexibility index (Phi) is 2.51. The van der Waals surface area contributed by atoms with Crippen LogP contribution >= 0.6 is 0 Å². The Labute approximate surface area is 53.4 Å². The fourth-order valence-corrected chi connectivity index (χ4v) is 2.47. The van der Waals surface area contributed by atoms with Crippen molar-refractivity contribution in [1.29, 1.82) is 0 Å². The second kappa shape index (κ2) is 2.57. The minimum absolute atomic E-state index is 3.63. The minimum atomic E-state index is -4.65. The molecule has 0 aliphatic heterocycles. The molecule has 9 heteroatoms. The molecular formula is H4O6Si3. The van der Waals surface area contributed by atoms with Crippen LogP contribution in [0.15, 0.2) is 0 Å². The molecule has 52 valence electrons. The van der Waals surface area contributed by atoms with Crippen LogP contribution in [0.25, 0.3) is 0 Å². The second-order valence-corrected chi connectivity index (χ2v) is 12.1. The zero-order valence-electron chi connectivity index (χ0n) is 4.11. The predicted octanol–water partition coefficient (Wildman–Crippen LogP) is -3.61. The highest BCUT2D eigenvalue weighted by molar-refractivity contribution is 7.43. The van der Waals surface area contributed by atoms with E-state index in [2.05, 4.69) is 0 Å². The third-order valence-electron chi connectivity index (χ3n) is 0.596. The van der Waals surface area contributed by atoms with Crippen LogP contribution < -0.4 is 0 Å². The molecule has 0 saturated carbocycles. The Morgan fingerprint density at radius 1 is 1.00 bits per heavy atom. The molecule has 0 bridgehead atoms. The van der Waals surface area contributed by atoms with E-state index in [1.807, 2.05) is 0 Å². The van der Waals surface area contributed by atoms with Gasteiger partial charge in [-0.25, -0.2) is 0 Å². The summed E-state index contributed by atoms with van der Waals surface area (Å²) in [6.07, 6.45) is 0. The average Bonchev–Trinajstić information content (AvgIpc) is 1.65. The predicted molar refractivity (Wildman–Crippen MR) is 27.5 cm³/mol. The molecule has 0 aliphatic carbocycles. The third-order valence-corrected chi connectivity index (χ3v) is 9.22. The van der Waals surface area contributed by atoms with Gasteiger partial charge < -0.3 is 28.1 Å². The van der Waals surface area contributed by atoms with Gasteiger partial charge in [0.2, 0.25) is 0 Å². The summed E-state index contributed by atoms with van der Waals surface area (Å²) in [5.41, 5.74) is 0. The lowest BCUT2D eigenvalue weighted by atomic mass is 15.8. The zero-order valence-corrected chi connectivity index (χ0v) is 7.11. The van der Waals surface area contributed by atoms with Crippen LogP contribution in [-0.2, 0) is 8.92 Å². The molecule has 0 saturated heterocycles. The van der Waals surface area contributed by atoms with Crippen LogP contribution in [0.4, 0.5) is 0 Å². The van der Waals surface area contributed by atoms with Crippen molar-refractivity contribution in [2.75, 3.05) is 0 Å². The molecule has 0 aromatic rings. The number of hydrogen-bond donors (Lipinski definition) is 4. The summed E-state index contributed by atoms with van der Waals surface area (Å²) in [6.45, 7) is 0. The first-order chi connectivity index (χ1) is 3.89.